The van der Waals surface area contributed by atoms with Gasteiger partial charge in [-0.2, -0.15) is 0 Å². The number of hydrogen-bond donors (Lipinski definition) is 0. The molecular formula is C11H22N4O3S. The molecular weight excluding hydrogens is 268 g/mol. The predicted octanol–water partition coefficient (Wildman–Crippen LogP) is 0.371. The number of quaternary nitrogens is 1. The minimum Gasteiger partial charge on any atom is -0.748 e. The average Bonchev–Trinajstić information content (AvgIpc) is 2.62. The molecule has 1 aromatic rings. The van der Waals surface area contributed by atoms with E-state index in [1.54, 1.807) is 4.68 Å². The Labute approximate surface area is 114 Å². The van der Waals surface area contributed by atoms with Gasteiger partial charge in [0.2, 0.25) is 0 Å². The molecule has 1 heterocycles. The van der Waals surface area contributed by atoms with Crippen molar-refractivity contribution in [3.8, 4) is 0 Å². The van der Waals surface area contributed by atoms with Crippen LogP contribution in [0.4, 0.5) is 0 Å². The van der Waals surface area contributed by atoms with E-state index in [2.05, 4.69) is 10.3 Å². The molecule has 8 heteroatoms. The lowest BCUT2D eigenvalue weighted by Gasteiger charge is -2.28. The Morgan fingerprint density at radius 2 is 2.05 bits per heavy atom. The van der Waals surface area contributed by atoms with Gasteiger partial charge in [0.15, 0.2) is 0 Å². The lowest BCUT2D eigenvalue weighted by Crippen LogP contribution is -2.40. The molecule has 0 radical (unpaired) electrons. The summed E-state index contributed by atoms with van der Waals surface area (Å²) in [5.41, 5.74) is 0.865. The fourth-order valence-electron chi connectivity index (χ4n) is 1.83. The summed E-state index contributed by atoms with van der Waals surface area (Å²) < 4.78 is 34.1. The van der Waals surface area contributed by atoms with Crippen LogP contribution in [0, 0.1) is 0 Å². The van der Waals surface area contributed by atoms with Gasteiger partial charge in [-0.25, -0.2) is 13.1 Å². The van der Waals surface area contributed by atoms with E-state index in [1.807, 2.05) is 34.1 Å². The SMILES string of the molecule is CC(C)n1cc(C[N+](C)(C)CCCS(=O)(=O)[O-])nn1. The molecule has 7 nitrogen and oxygen atoms in total. The van der Waals surface area contributed by atoms with Crippen LogP contribution in [0.1, 0.15) is 32.0 Å². The van der Waals surface area contributed by atoms with Gasteiger partial charge in [0, 0.05) is 18.2 Å². The zero-order chi connectivity index (χ0) is 14.7. The molecule has 0 aliphatic rings. The van der Waals surface area contributed by atoms with Crippen LogP contribution in [-0.2, 0) is 16.7 Å². The molecule has 0 aliphatic carbocycles. The first kappa shape index (κ1) is 16.1. The molecule has 0 bridgehead atoms. The molecule has 0 atom stereocenters. The molecule has 0 spiro atoms. The van der Waals surface area contributed by atoms with Gasteiger partial charge in [0.1, 0.15) is 12.2 Å². The molecule has 0 saturated heterocycles. The molecule has 19 heavy (non-hydrogen) atoms. The van der Waals surface area contributed by atoms with Crippen LogP contribution in [0.25, 0.3) is 0 Å². The monoisotopic (exact) mass is 290 g/mol. The molecule has 0 aliphatic heterocycles. The van der Waals surface area contributed by atoms with Crippen molar-refractivity contribution < 1.29 is 17.5 Å². The maximum atomic E-state index is 10.6. The topological polar surface area (TPSA) is 87.9 Å². The molecule has 0 unspecified atom stereocenters. The predicted molar refractivity (Wildman–Crippen MR) is 70.3 cm³/mol. The quantitative estimate of drug-likeness (QED) is 0.535. The first-order valence-corrected chi connectivity index (χ1v) is 7.83. The van der Waals surface area contributed by atoms with Gasteiger partial charge in [-0.1, -0.05) is 5.21 Å². The number of aromatic nitrogens is 3. The molecule has 0 fully saturated rings. The van der Waals surface area contributed by atoms with E-state index in [1.165, 1.54) is 0 Å². The summed E-state index contributed by atoms with van der Waals surface area (Å²) in [6, 6.07) is 0.266. The summed E-state index contributed by atoms with van der Waals surface area (Å²) in [5.74, 6) is -0.312. The molecule has 0 N–H and O–H groups in total. The van der Waals surface area contributed by atoms with Gasteiger partial charge >= 0.3 is 0 Å². The van der Waals surface area contributed by atoms with E-state index in [0.29, 0.717) is 24.0 Å². The van der Waals surface area contributed by atoms with Crippen LogP contribution >= 0.6 is 0 Å². The third-order valence-electron chi connectivity index (χ3n) is 2.83. The molecule has 1 aromatic heterocycles. The van der Waals surface area contributed by atoms with Crippen molar-refractivity contribution in [1.82, 2.24) is 15.0 Å². The van der Waals surface area contributed by atoms with Crippen molar-refractivity contribution in [2.45, 2.75) is 32.9 Å². The largest absolute Gasteiger partial charge is 0.748 e. The van der Waals surface area contributed by atoms with Crippen LogP contribution < -0.4 is 0 Å². The third kappa shape index (κ3) is 6.13. The summed E-state index contributed by atoms with van der Waals surface area (Å²) in [5, 5.41) is 8.13. The second kappa shape index (κ2) is 5.98. The number of nitrogens with zero attached hydrogens (tertiary/aromatic N) is 4. The Hall–Kier alpha value is -0.990. The normalized spacial score (nSPS) is 13.2. The van der Waals surface area contributed by atoms with Crippen LogP contribution in [-0.4, -0.2) is 58.8 Å². The first-order valence-electron chi connectivity index (χ1n) is 6.25. The average molecular weight is 290 g/mol. The van der Waals surface area contributed by atoms with E-state index in [4.69, 9.17) is 0 Å². The van der Waals surface area contributed by atoms with Crippen LogP contribution in [0.3, 0.4) is 0 Å². The van der Waals surface area contributed by atoms with Gasteiger partial charge in [-0.15, -0.1) is 5.10 Å². The van der Waals surface area contributed by atoms with Gasteiger partial charge in [-0.3, -0.25) is 0 Å². The van der Waals surface area contributed by atoms with Gasteiger partial charge in [0.25, 0.3) is 0 Å². The van der Waals surface area contributed by atoms with E-state index in [-0.39, 0.29) is 11.8 Å². The minimum atomic E-state index is -4.12. The molecule has 0 saturated carbocycles. The van der Waals surface area contributed by atoms with Gasteiger partial charge in [0.05, 0.1) is 37.0 Å². The Kier molecular flexibility index (Phi) is 5.05. The van der Waals surface area contributed by atoms with Gasteiger partial charge in [-0.05, 0) is 13.8 Å². The zero-order valence-corrected chi connectivity index (χ0v) is 12.7. The van der Waals surface area contributed by atoms with Crippen molar-refractivity contribution >= 4 is 10.1 Å². The van der Waals surface area contributed by atoms with Crippen molar-refractivity contribution in [1.29, 1.82) is 0 Å². The Morgan fingerprint density at radius 3 is 2.53 bits per heavy atom. The smallest absolute Gasteiger partial charge is 0.137 e. The fraction of sp³-hybridized carbons (Fsp3) is 0.818. The third-order valence-corrected chi connectivity index (χ3v) is 3.62. The first-order chi connectivity index (χ1) is 8.59. The highest BCUT2D eigenvalue weighted by Gasteiger charge is 2.18. The van der Waals surface area contributed by atoms with E-state index < -0.39 is 10.1 Å². The summed E-state index contributed by atoms with van der Waals surface area (Å²) in [6.45, 7) is 5.32. The second-order valence-electron chi connectivity index (χ2n) is 5.72. The highest BCUT2D eigenvalue weighted by atomic mass is 32.2. The van der Waals surface area contributed by atoms with E-state index in [9.17, 15) is 13.0 Å². The number of rotatable bonds is 7. The van der Waals surface area contributed by atoms with Crippen molar-refractivity contribution in [2.24, 2.45) is 0 Å². The maximum absolute atomic E-state index is 10.6. The zero-order valence-electron chi connectivity index (χ0n) is 11.9. The Balaban J connectivity index is 2.53. The van der Waals surface area contributed by atoms with Crippen LogP contribution in [0.2, 0.25) is 0 Å². The minimum absolute atomic E-state index is 0.266. The lowest BCUT2D eigenvalue weighted by atomic mass is 10.3. The van der Waals surface area contributed by atoms with Crippen LogP contribution in [0.15, 0.2) is 6.20 Å². The summed E-state index contributed by atoms with van der Waals surface area (Å²) in [4.78, 5) is 0. The van der Waals surface area contributed by atoms with Crippen molar-refractivity contribution in [2.75, 3.05) is 26.4 Å². The molecule has 0 aromatic carbocycles. The highest BCUT2D eigenvalue weighted by molar-refractivity contribution is 7.85. The van der Waals surface area contributed by atoms with E-state index >= 15 is 0 Å². The highest BCUT2D eigenvalue weighted by Crippen LogP contribution is 2.10. The Bertz CT molecular complexity index is 508. The maximum Gasteiger partial charge on any atom is 0.137 e. The lowest BCUT2D eigenvalue weighted by molar-refractivity contribution is -0.903. The van der Waals surface area contributed by atoms with Crippen molar-refractivity contribution in [3.63, 3.8) is 0 Å². The number of hydrogen-bond acceptors (Lipinski definition) is 5. The van der Waals surface area contributed by atoms with Gasteiger partial charge < -0.3 is 9.04 Å². The van der Waals surface area contributed by atoms with Crippen LogP contribution in [0.5, 0.6) is 0 Å². The summed E-state index contributed by atoms with van der Waals surface area (Å²) in [7, 11) is -0.163. The standard InChI is InChI=1S/C11H22N4O3S/c1-10(2)14-8-11(12-13-14)9-15(3,4)6-5-7-19(16,17)18/h8,10H,5-7,9H2,1-4H3. The van der Waals surface area contributed by atoms with E-state index in [0.717, 1.165) is 5.69 Å². The summed E-state index contributed by atoms with van der Waals surface area (Å²) in [6.07, 6.45) is 2.26. The molecule has 0 amide bonds. The molecule has 1 rings (SSSR count). The second-order valence-corrected chi connectivity index (χ2v) is 7.24. The summed E-state index contributed by atoms with van der Waals surface area (Å²) >= 11 is 0. The Morgan fingerprint density at radius 1 is 1.42 bits per heavy atom. The molecule has 110 valence electrons. The van der Waals surface area contributed by atoms with Crippen molar-refractivity contribution in [3.05, 3.63) is 11.9 Å². The fourth-order valence-corrected chi connectivity index (χ4v) is 2.31.